The van der Waals surface area contributed by atoms with Crippen molar-refractivity contribution in [3.63, 3.8) is 0 Å². The number of pyridine rings is 1. The summed E-state index contributed by atoms with van der Waals surface area (Å²) in [5, 5.41) is -0.127. The molecule has 112 valence electrons. The van der Waals surface area contributed by atoms with Crippen LogP contribution < -0.4 is 10.3 Å². The van der Waals surface area contributed by atoms with Crippen molar-refractivity contribution in [2.24, 2.45) is 11.8 Å². The average molecular weight is 319 g/mol. The molecule has 2 N–H and O–H groups in total. The van der Waals surface area contributed by atoms with Crippen LogP contribution in [0.2, 0.25) is 5.02 Å². The molecular formula is C13H19ClN2O3S. The quantitative estimate of drug-likeness (QED) is 0.896. The monoisotopic (exact) mass is 318 g/mol. The number of H-pyrrole nitrogens is 1. The number of hydrogen-bond donors (Lipinski definition) is 2. The Morgan fingerprint density at radius 1 is 1.35 bits per heavy atom. The van der Waals surface area contributed by atoms with Crippen LogP contribution in [0.3, 0.4) is 0 Å². The van der Waals surface area contributed by atoms with Crippen LogP contribution in [-0.2, 0) is 10.0 Å². The van der Waals surface area contributed by atoms with E-state index in [1.165, 1.54) is 12.3 Å². The number of rotatable bonds is 3. The number of sulfonamides is 1. The summed E-state index contributed by atoms with van der Waals surface area (Å²) in [6, 6.07) is 1.11. The molecule has 0 amide bonds. The van der Waals surface area contributed by atoms with Gasteiger partial charge >= 0.3 is 0 Å². The van der Waals surface area contributed by atoms with Crippen LogP contribution in [-0.4, -0.2) is 19.4 Å². The maximum absolute atomic E-state index is 12.3. The van der Waals surface area contributed by atoms with Crippen molar-refractivity contribution in [2.75, 3.05) is 0 Å². The zero-order chi connectivity index (χ0) is 14.9. The molecule has 1 heterocycles. The number of aromatic amines is 1. The summed E-state index contributed by atoms with van der Waals surface area (Å²) in [6.45, 7) is 4.24. The van der Waals surface area contributed by atoms with Gasteiger partial charge in [-0.15, -0.1) is 0 Å². The Morgan fingerprint density at radius 3 is 2.65 bits per heavy atom. The fourth-order valence-electron chi connectivity index (χ4n) is 2.70. The molecule has 1 aliphatic rings. The molecule has 1 fully saturated rings. The minimum atomic E-state index is -3.65. The first-order valence-electron chi connectivity index (χ1n) is 6.70. The Labute approximate surface area is 123 Å². The fourth-order valence-corrected chi connectivity index (χ4v) is 4.31. The van der Waals surface area contributed by atoms with Crippen LogP contribution in [0.25, 0.3) is 0 Å². The van der Waals surface area contributed by atoms with Crippen molar-refractivity contribution in [2.45, 2.75) is 44.0 Å². The van der Waals surface area contributed by atoms with Crippen molar-refractivity contribution in [1.29, 1.82) is 0 Å². The molecule has 0 spiro atoms. The molecule has 0 radical (unpaired) electrons. The van der Waals surface area contributed by atoms with Crippen LogP contribution in [0, 0.1) is 11.8 Å². The summed E-state index contributed by atoms with van der Waals surface area (Å²) in [5.41, 5.74) is -0.495. The predicted molar refractivity (Wildman–Crippen MR) is 78.4 cm³/mol. The van der Waals surface area contributed by atoms with E-state index >= 15 is 0 Å². The first kappa shape index (κ1) is 15.5. The van der Waals surface area contributed by atoms with Crippen molar-refractivity contribution < 1.29 is 8.42 Å². The first-order chi connectivity index (χ1) is 9.29. The highest BCUT2D eigenvalue weighted by Gasteiger charge is 2.29. The molecule has 1 aromatic heterocycles. The van der Waals surface area contributed by atoms with Crippen LogP contribution in [0.4, 0.5) is 0 Å². The Hall–Kier alpha value is -0.850. The third-order valence-electron chi connectivity index (χ3n) is 3.88. The van der Waals surface area contributed by atoms with Crippen molar-refractivity contribution in [1.82, 2.24) is 9.71 Å². The second kappa shape index (κ2) is 5.87. The highest BCUT2D eigenvalue weighted by atomic mass is 35.5. The van der Waals surface area contributed by atoms with Crippen molar-refractivity contribution in [3.8, 4) is 0 Å². The van der Waals surface area contributed by atoms with Gasteiger partial charge in [0.1, 0.15) is 5.02 Å². The summed E-state index contributed by atoms with van der Waals surface area (Å²) in [5.74, 6) is 0.931. The van der Waals surface area contributed by atoms with Crippen LogP contribution >= 0.6 is 11.6 Å². The van der Waals surface area contributed by atoms with E-state index in [4.69, 9.17) is 11.6 Å². The molecule has 0 aliphatic heterocycles. The molecule has 3 unspecified atom stereocenters. The molecule has 0 saturated heterocycles. The zero-order valence-electron chi connectivity index (χ0n) is 11.5. The van der Waals surface area contributed by atoms with Gasteiger partial charge in [-0.2, -0.15) is 0 Å². The van der Waals surface area contributed by atoms with Gasteiger partial charge in [0.2, 0.25) is 10.0 Å². The van der Waals surface area contributed by atoms with E-state index in [1.807, 2.05) is 0 Å². The second-order valence-corrected chi connectivity index (χ2v) is 7.76. The SMILES string of the molecule is CC1CCC(NS(=O)(=O)c2c[nH]c(=O)c(Cl)c2)C(C)C1. The van der Waals surface area contributed by atoms with Crippen molar-refractivity contribution in [3.05, 3.63) is 27.6 Å². The number of hydrogen-bond acceptors (Lipinski definition) is 3. The van der Waals surface area contributed by atoms with Gasteiger partial charge in [0.25, 0.3) is 5.56 Å². The minimum absolute atomic E-state index is 0.00655. The van der Waals surface area contributed by atoms with E-state index in [0.717, 1.165) is 19.3 Å². The summed E-state index contributed by atoms with van der Waals surface area (Å²) < 4.78 is 27.3. The molecule has 2 rings (SSSR count). The number of halogens is 1. The zero-order valence-corrected chi connectivity index (χ0v) is 13.1. The lowest BCUT2D eigenvalue weighted by molar-refractivity contribution is 0.249. The van der Waals surface area contributed by atoms with E-state index < -0.39 is 15.6 Å². The molecule has 7 heteroatoms. The van der Waals surface area contributed by atoms with E-state index in [2.05, 4.69) is 23.6 Å². The largest absolute Gasteiger partial charge is 0.326 e. The lowest BCUT2D eigenvalue weighted by atomic mass is 9.80. The molecule has 1 aliphatic carbocycles. The van der Waals surface area contributed by atoms with Crippen LogP contribution in [0.1, 0.15) is 33.1 Å². The Bertz CT molecular complexity index is 641. The third kappa shape index (κ3) is 3.42. The molecule has 20 heavy (non-hydrogen) atoms. The smallest absolute Gasteiger partial charge is 0.266 e. The Morgan fingerprint density at radius 2 is 2.05 bits per heavy atom. The van der Waals surface area contributed by atoms with Crippen LogP contribution in [0.15, 0.2) is 22.0 Å². The van der Waals surface area contributed by atoms with Gasteiger partial charge in [0.05, 0.1) is 4.90 Å². The fraction of sp³-hybridized carbons (Fsp3) is 0.615. The lowest BCUT2D eigenvalue weighted by Crippen LogP contribution is -2.42. The van der Waals surface area contributed by atoms with Gasteiger partial charge in [0.15, 0.2) is 0 Å². The lowest BCUT2D eigenvalue weighted by Gasteiger charge is -2.32. The average Bonchev–Trinajstić information content (AvgIpc) is 2.36. The predicted octanol–water partition coefficient (Wildman–Crippen LogP) is 2.13. The summed E-state index contributed by atoms with van der Waals surface area (Å²) in [7, 11) is -3.65. The third-order valence-corrected chi connectivity index (χ3v) is 5.63. The van der Waals surface area contributed by atoms with E-state index in [0.29, 0.717) is 11.8 Å². The van der Waals surface area contributed by atoms with Crippen molar-refractivity contribution >= 4 is 21.6 Å². The van der Waals surface area contributed by atoms with Gasteiger partial charge in [-0.1, -0.05) is 25.4 Å². The molecule has 0 aromatic carbocycles. The second-order valence-electron chi connectivity index (χ2n) is 5.64. The molecule has 0 bridgehead atoms. The number of nitrogens with one attached hydrogen (secondary N) is 2. The minimum Gasteiger partial charge on any atom is -0.326 e. The maximum Gasteiger partial charge on any atom is 0.266 e. The molecule has 1 saturated carbocycles. The van der Waals surface area contributed by atoms with Gasteiger partial charge < -0.3 is 4.98 Å². The standard InChI is InChI=1S/C13H19ClN2O3S/c1-8-3-4-12(9(2)5-8)16-20(18,19)10-6-11(14)13(17)15-7-10/h6-9,12,16H,3-5H2,1-2H3,(H,15,17). The summed E-state index contributed by atoms with van der Waals surface area (Å²) in [6.07, 6.45) is 4.04. The normalized spacial score (nSPS) is 27.4. The van der Waals surface area contributed by atoms with Gasteiger partial charge in [0, 0.05) is 12.2 Å². The molecule has 5 nitrogen and oxygen atoms in total. The highest BCUT2D eigenvalue weighted by molar-refractivity contribution is 7.89. The molecule has 1 aromatic rings. The van der Waals surface area contributed by atoms with E-state index in [1.54, 1.807) is 0 Å². The number of aromatic nitrogens is 1. The Balaban J connectivity index is 2.18. The van der Waals surface area contributed by atoms with Gasteiger partial charge in [-0.3, -0.25) is 4.79 Å². The van der Waals surface area contributed by atoms with Crippen LogP contribution in [0.5, 0.6) is 0 Å². The topological polar surface area (TPSA) is 79.0 Å². The first-order valence-corrected chi connectivity index (χ1v) is 8.56. The molecular weight excluding hydrogens is 300 g/mol. The summed E-state index contributed by atoms with van der Waals surface area (Å²) in [4.78, 5) is 13.5. The Kier molecular flexibility index (Phi) is 4.56. The van der Waals surface area contributed by atoms with E-state index in [9.17, 15) is 13.2 Å². The molecule has 3 atom stereocenters. The van der Waals surface area contributed by atoms with Gasteiger partial charge in [-0.05, 0) is 37.2 Å². The van der Waals surface area contributed by atoms with E-state index in [-0.39, 0.29) is 16.0 Å². The maximum atomic E-state index is 12.3. The summed E-state index contributed by atoms with van der Waals surface area (Å²) >= 11 is 5.67. The van der Waals surface area contributed by atoms with Gasteiger partial charge in [-0.25, -0.2) is 13.1 Å². The highest BCUT2D eigenvalue weighted by Crippen LogP contribution is 2.29.